The third kappa shape index (κ3) is 3.12. The number of hydrogen-bond acceptors (Lipinski definition) is 6. The first-order chi connectivity index (χ1) is 11.2. The lowest BCUT2D eigenvalue weighted by molar-refractivity contribution is 0.0995. The first-order valence-electron chi connectivity index (χ1n) is 8.09. The van der Waals surface area contributed by atoms with Gasteiger partial charge in [-0.25, -0.2) is 0 Å². The first kappa shape index (κ1) is 14.4. The van der Waals surface area contributed by atoms with E-state index in [-0.39, 0.29) is 0 Å². The van der Waals surface area contributed by atoms with Gasteiger partial charge in [-0.15, -0.1) is 0 Å². The minimum absolute atomic E-state index is 0.295. The van der Waals surface area contributed by atoms with Crippen LogP contribution in [0.5, 0.6) is 0 Å². The summed E-state index contributed by atoms with van der Waals surface area (Å²) in [5.41, 5.74) is 6.52. The Kier molecular flexibility index (Phi) is 3.60. The number of hydrogen-bond donors (Lipinski definition) is 2. The van der Waals surface area contributed by atoms with Crippen LogP contribution in [0, 0.1) is 0 Å². The largest absolute Gasteiger partial charge is 0.364 e. The van der Waals surface area contributed by atoms with E-state index < -0.39 is 5.91 Å². The van der Waals surface area contributed by atoms with Crippen molar-refractivity contribution in [2.45, 2.75) is 44.1 Å². The fourth-order valence-corrected chi connectivity index (χ4v) is 3.16. The zero-order chi connectivity index (χ0) is 15.8. The number of nitrogens with two attached hydrogens (primary N) is 1. The second-order valence-corrected chi connectivity index (χ2v) is 6.47. The molecule has 23 heavy (non-hydrogen) atoms. The van der Waals surface area contributed by atoms with E-state index >= 15 is 0 Å². The summed E-state index contributed by atoms with van der Waals surface area (Å²) in [6.45, 7) is 2.56. The molecule has 1 aliphatic heterocycles. The summed E-state index contributed by atoms with van der Waals surface area (Å²) >= 11 is 0. The summed E-state index contributed by atoms with van der Waals surface area (Å²) in [5.74, 6) is 1.87. The maximum absolute atomic E-state index is 11.2. The SMILES string of the molecule is NC(=O)c1cc(C2CCCN(Cc3nc(C4CC4)no3)C2)[nH]n1. The Labute approximate surface area is 133 Å². The van der Waals surface area contributed by atoms with Gasteiger partial charge in [-0.3, -0.25) is 14.8 Å². The van der Waals surface area contributed by atoms with Crippen molar-refractivity contribution >= 4 is 5.91 Å². The van der Waals surface area contributed by atoms with E-state index in [4.69, 9.17) is 10.3 Å². The van der Waals surface area contributed by atoms with Crippen molar-refractivity contribution in [2.24, 2.45) is 5.73 Å². The van der Waals surface area contributed by atoms with Crippen molar-refractivity contribution in [2.75, 3.05) is 13.1 Å². The molecule has 2 aliphatic rings. The van der Waals surface area contributed by atoms with Crippen molar-refractivity contribution in [3.63, 3.8) is 0 Å². The molecule has 122 valence electrons. The second-order valence-electron chi connectivity index (χ2n) is 6.47. The fourth-order valence-electron chi connectivity index (χ4n) is 3.16. The van der Waals surface area contributed by atoms with Gasteiger partial charge in [0.2, 0.25) is 5.89 Å². The van der Waals surface area contributed by atoms with E-state index in [0.29, 0.717) is 30.0 Å². The molecule has 0 radical (unpaired) electrons. The zero-order valence-corrected chi connectivity index (χ0v) is 12.9. The molecule has 8 heteroatoms. The number of amides is 1. The third-order valence-corrected chi connectivity index (χ3v) is 4.58. The van der Waals surface area contributed by atoms with Gasteiger partial charge in [0.1, 0.15) is 5.69 Å². The van der Waals surface area contributed by atoms with Crippen LogP contribution in [0.2, 0.25) is 0 Å². The molecule has 1 amide bonds. The Morgan fingerprint density at radius 1 is 1.39 bits per heavy atom. The highest BCUT2D eigenvalue weighted by molar-refractivity contribution is 5.90. The number of primary amides is 1. The van der Waals surface area contributed by atoms with Gasteiger partial charge in [-0.1, -0.05) is 5.16 Å². The molecule has 8 nitrogen and oxygen atoms in total. The molecule has 2 fully saturated rings. The van der Waals surface area contributed by atoms with E-state index in [1.807, 2.05) is 0 Å². The number of rotatable bonds is 5. The highest BCUT2D eigenvalue weighted by Gasteiger charge is 2.30. The number of carbonyl (C=O) groups is 1. The monoisotopic (exact) mass is 316 g/mol. The fraction of sp³-hybridized carbons (Fsp3) is 0.600. The van der Waals surface area contributed by atoms with E-state index in [1.54, 1.807) is 6.07 Å². The predicted molar refractivity (Wildman–Crippen MR) is 80.6 cm³/mol. The maximum Gasteiger partial charge on any atom is 0.269 e. The number of aromatic nitrogens is 4. The normalized spacial score (nSPS) is 22.3. The number of likely N-dealkylation sites (tertiary alicyclic amines) is 1. The van der Waals surface area contributed by atoms with Crippen molar-refractivity contribution in [1.29, 1.82) is 0 Å². The Balaban J connectivity index is 1.40. The second kappa shape index (κ2) is 5.77. The molecule has 3 heterocycles. The van der Waals surface area contributed by atoms with Gasteiger partial charge in [0, 0.05) is 24.1 Å². The molecule has 3 N–H and O–H groups in total. The Hall–Kier alpha value is -2.22. The van der Waals surface area contributed by atoms with Crippen LogP contribution in [0.3, 0.4) is 0 Å². The Bertz CT molecular complexity index is 704. The molecule has 1 unspecified atom stereocenters. The number of aromatic amines is 1. The molecular formula is C15H20N6O2. The number of nitrogens with zero attached hydrogens (tertiary/aromatic N) is 4. The Morgan fingerprint density at radius 3 is 3.00 bits per heavy atom. The molecule has 1 saturated carbocycles. The van der Waals surface area contributed by atoms with Crippen LogP contribution < -0.4 is 5.73 Å². The van der Waals surface area contributed by atoms with Gasteiger partial charge in [-0.2, -0.15) is 10.1 Å². The molecule has 1 aliphatic carbocycles. The average Bonchev–Trinajstić information content (AvgIpc) is 3.09. The van der Waals surface area contributed by atoms with Crippen molar-refractivity contribution in [1.82, 2.24) is 25.2 Å². The quantitative estimate of drug-likeness (QED) is 0.855. The van der Waals surface area contributed by atoms with Gasteiger partial charge >= 0.3 is 0 Å². The summed E-state index contributed by atoms with van der Waals surface area (Å²) in [5, 5.41) is 11.0. The lowest BCUT2D eigenvalue weighted by Crippen LogP contribution is -2.34. The third-order valence-electron chi connectivity index (χ3n) is 4.58. The minimum atomic E-state index is -0.501. The van der Waals surface area contributed by atoms with Gasteiger partial charge in [0.25, 0.3) is 5.91 Å². The topological polar surface area (TPSA) is 114 Å². The smallest absolute Gasteiger partial charge is 0.269 e. The van der Waals surface area contributed by atoms with E-state index in [1.165, 1.54) is 12.8 Å². The summed E-state index contributed by atoms with van der Waals surface area (Å²) in [6.07, 6.45) is 4.49. The number of carbonyl (C=O) groups excluding carboxylic acids is 1. The molecule has 0 bridgehead atoms. The molecule has 2 aromatic heterocycles. The van der Waals surface area contributed by atoms with E-state index in [9.17, 15) is 4.79 Å². The number of nitrogens with one attached hydrogen (secondary N) is 1. The molecule has 2 aromatic rings. The van der Waals surface area contributed by atoms with Crippen LogP contribution in [-0.2, 0) is 6.54 Å². The van der Waals surface area contributed by atoms with Crippen LogP contribution in [0.4, 0.5) is 0 Å². The molecule has 0 spiro atoms. The number of H-pyrrole nitrogens is 1. The van der Waals surface area contributed by atoms with Crippen LogP contribution in [0.25, 0.3) is 0 Å². The summed E-state index contributed by atoms with van der Waals surface area (Å²) in [6, 6.07) is 1.76. The first-order valence-corrected chi connectivity index (χ1v) is 8.09. The van der Waals surface area contributed by atoms with Crippen LogP contribution >= 0.6 is 0 Å². The standard InChI is InChI=1S/C15H20N6O2/c16-14(22)12-6-11(18-19-12)10-2-1-5-21(7-10)8-13-17-15(20-23-13)9-3-4-9/h6,9-10H,1-5,7-8H2,(H2,16,22)(H,18,19). The van der Waals surface area contributed by atoms with E-state index in [0.717, 1.165) is 37.4 Å². The maximum atomic E-state index is 11.2. The van der Waals surface area contributed by atoms with Gasteiger partial charge in [0.05, 0.1) is 6.54 Å². The average molecular weight is 316 g/mol. The lowest BCUT2D eigenvalue weighted by Gasteiger charge is -2.30. The summed E-state index contributed by atoms with van der Waals surface area (Å²) < 4.78 is 5.36. The summed E-state index contributed by atoms with van der Waals surface area (Å²) in [4.78, 5) is 18.0. The van der Waals surface area contributed by atoms with Crippen LogP contribution in [0.15, 0.2) is 10.6 Å². The number of piperidine rings is 1. The van der Waals surface area contributed by atoms with Gasteiger partial charge in [-0.05, 0) is 38.3 Å². The summed E-state index contributed by atoms with van der Waals surface area (Å²) in [7, 11) is 0. The molecule has 4 rings (SSSR count). The van der Waals surface area contributed by atoms with Crippen molar-refractivity contribution in [3.05, 3.63) is 29.2 Å². The predicted octanol–water partition coefficient (Wildman–Crippen LogP) is 1.15. The molecular weight excluding hydrogens is 296 g/mol. The minimum Gasteiger partial charge on any atom is -0.364 e. The highest BCUT2D eigenvalue weighted by Crippen LogP contribution is 2.38. The van der Waals surface area contributed by atoms with Gasteiger partial charge in [0.15, 0.2) is 5.82 Å². The molecule has 0 aromatic carbocycles. The molecule has 1 saturated heterocycles. The van der Waals surface area contributed by atoms with Gasteiger partial charge < -0.3 is 10.3 Å². The zero-order valence-electron chi connectivity index (χ0n) is 12.9. The lowest BCUT2D eigenvalue weighted by atomic mass is 9.94. The highest BCUT2D eigenvalue weighted by atomic mass is 16.5. The van der Waals surface area contributed by atoms with Crippen LogP contribution in [-0.4, -0.2) is 44.2 Å². The van der Waals surface area contributed by atoms with E-state index in [2.05, 4.69) is 25.2 Å². The molecule has 1 atom stereocenters. The Morgan fingerprint density at radius 2 is 2.26 bits per heavy atom. The van der Waals surface area contributed by atoms with Crippen molar-refractivity contribution < 1.29 is 9.32 Å². The van der Waals surface area contributed by atoms with Crippen LogP contribution in [0.1, 0.15) is 65.4 Å². The van der Waals surface area contributed by atoms with Crippen molar-refractivity contribution in [3.8, 4) is 0 Å².